The van der Waals surface area contributed by atoms with E-state index in [0.717, 1.165) is 23.3 Å². The van der Waals surface area contributed by atoms with Crippen molar-refractivity contribution in [1.82, 2.24) is 10.2 Å². The Morgan fingerprint density at radius 1 is 1.43 bits per heavy atom. The highest BCUT2D eigenvalue weighted by Gasteiger charge is 2.29. The van der Waals surface area contributed by atoms with Gasteiger partial charge in [-0.3, -0.25) is 4.79 Å². The Kier molecular flexibility index (Phi) is 3.94. The van der Waals surface area contributed by atoms with E-state index in [0.29, 0.717) is 13.2 Å². The van der Waals surface area contributed by atoms with Crippen LogP contribution >= 0.6 is 0 Å². The summed E-state index contributed by atoms with van der Waals surface area (Å²) in [5.74, 6) is 0.769. The highest BCUT2D eigenvalue weighted by Crippen LogP contribution is 2.27. The number of furan rings is 1. The lowest BCUT2D eigenvalue weighted by molar-refractivity contribution is -0.146. The number of nitrogens with zero attached hydrogens (tertiary/aromatic N) is 1. The summed E-state index contributed by atoms with van der Waals surface area (Å²) in [5, 5.41) is 4.23. The van der Waals surface area contributed by atoms with Gasteiger partial charge in [-0.1, -0.05) is 18.2 Å². The molecule has 0 aliphatic carbocycles. The molecular weight excluding hydrogens is 268 g/mol. The zero-order valence-electron chi connectivity index (χ0n) is 12.3. The first-order valence-corrected chi connectivity index (χ1v) is 7.24. The molecule has 2 atom stereocenters. The second-order valence-electron chi connectivity index (χ2n) is 5.38. The van der Waals surface area contributed by atoms with Crippen LogP contribution in [0.2, 0.25) is 0 Å². The molecule has 1 saturated heterocycles. The molecule has 1 aliphatic rings. The van der Waals surface area contributed by atoms with Crippen molar-refractivity contribution < 1.29 is 13.9 Å². The number of carbonyl (C=O) groups excluding carboxylic acids is 1. The van der Waals surface area contributed by atoms with Gasteiger partial charge in [0.15, 0.2) is 0 Å². The van der Waals surface area contributed by atoms with E-state index in [9.17, 15) is 4.79 Å². The number of fused-ring (bicyclic) bond motifs is 1. The standard InChI is InChI=1S/C16H20N2O3/c1-11(14-9-12-5-3-4-6-13(12)21-14)18(2)16(19)15-10-17-7-8-20-15/h3-6,9,11,15,17H,7-8,10H2,1-2H3. The van der Waals surface area contributed by atoms with Crippen LogP contribution in [0.15, 0.2) is 34.7 Å². The van der Waals surface area contributed by atoms with Crippen molar-refractivity contribution in [3.63, 3.8) is 0 Å². The molecule has 0 radical (unpaired) electrons. The number of para-hydroxylation sites is 1. The van der Waals surface area contributed by atoms with E-state index in [4.69, 9.17) is 9.15 Å². The van der Waals surface area contributed by atoms with Gasteiger partial charge in [-0.25, -0.2) is 0 Å². The van der Waals surface area contributed by atoms with E-state index in [1.807, 2.05) is 37.3 Å². The molecule has 2 unspecified atom stereocenters. The third-order valence-electron chi connectivity index (χ3n) is 3.99. The quantitative estimate of drug-likeness (QED) is 0.938. The fourth-order valence-corrected chi connectivity index (χ4v) is 2.54. The molecule has 5 heteroatoms. The highest BCUT2D eigenvalue weighted by molar-refractivity contribution is 5.82. The van der Waals surface area contributed by atoms with Gasteiger partial charge in [0.1, 0.15) is 17.4 Å². The Bertz CT molecular complexity index is 598. The first-order chi connectivity index (χ1) is 10.2. The van der Waals surface area contributed by atoms with Gasteiger partial charge in [0, 0.05) is 25.5 Å². The number of hydrogen-bond donors (Lipinski definition) is 1. The topological polar surface area (TPSA) is 54.7 Å². The van der Waals surface area contributed by atoms with Crippen molar-refractivity contribution in [2.75, 3.05) is 26.7 Å². The molecular formula is C16H20N2O3. The summed E-state index contributed by atoms with van der Waals surface area (Å²) >= 11 is 0. The summed E-state index contributed by atoms with van der Waals surface area (Å²) in [6.45, 7) is 3.90. The first-order valence-electron chi connectivity index (χ1n) is 7.24. The van der Waals surface area contributed by atoms with Crippen molar-refractivity contribution in [1.29, 1.82) is 0 Å². The minimum Gasteiger partial charge on any atom is -0.459 e. The number of morpholine rings is 1. The van der Waals surface area contributed by atoms with E-state index in [2.05, 4.69) is 5.32 Å². The SMILES string of the molecule is CC(c1cc2ccccc2o1)N(C)C(=O)C1CNCCO1. The minimum absolute atomic E-state index is 0.0184. The Morgan fingerprint density at radius 2 is 2.24 bits per heavy atom. The van der Waals surface area contributed by atoms with Crippen LogP contribution in [-0.4, -0.2) is 43.7 Å². The lowest BCUT2D eigenvalue weighted by Crippen LogP contribution is -2.48. The first kappa shape index (κ1) is 14.1. The summed E-state index contributed by atoms with van der Waals surface area (Å²) in [6.07, 6.45) is -0.407. The molecule has 1 amide bonds. The van der Waals surface area contributed by atoms with Crippen LogP contribution < -0.4 is 5.32 Å². The fraction of sp³-hybridized carbons (Fsp3) is 0.438. The maximum Gasteiger partial charge on any atom is 0.253 e. The van der Waals surface area contributed by atoms with Gasteiger partial charge in [0.25, 0.3) is 5.91 Å². The van der Waals surface area contributed by atoms with Crippen LogP contribution in [0.3, 0.4) is 0 Å². The highest BCUT2D eigenvalue weighted by atomic mass is 16.5. The van der Waals surface area contributed by atoms with Crippen LogP contribution in [0.5, 0.6) is 0 Å². The van der Waals surface area contributed by atoms with Gasteiger partial charge in [-0.15, -0.1) is 0 Å². The van der Waals surface area contributed by atoms with Crippen LogP contribution in [0.25, 0.3) is 11.0 Å². The predicted octanol–water partition coefficient (Wildman–Crippen LogP) is 1.94. The van der Waals surface area contributed by atoms with E-state index >= 15 is 0 Å². The maximum absolute atomic E-state index is 12.4. The summed E-state index contributed by atoms with van der Waals surface area (Å²) in [4.78, 5) is 14.1. The van der Waals surface area contributed by atoms with Crippen molar-refractivity contribution in [3.8, 4) is 0 Å². The monoisotopic (exact) mass is 288 g/mol. The van der Waals surface area contributed by atoms with Crippen LogP contribution in [-0.2, 0) is 9.53 Å². The summed E-state index contributed by atoms with van der Waals surface area (Å²) in [6, 6.07) is 9.71. The third kappa shape index (κ3) is 2.80. The molecule has 2 heterocycles. The van der Waals surface area contributed by atoms with Gasteiger partial charge < -0.3 is 19.4 Å². The Morgan fingerprint density at radius 3 is 2.95 bits per heavy atom. The lowest BCUT2D eigenvalue weighted by atomic mass is 10.1. The molecule has 1 fully saturated rings. The molecule has 0 bridgehead atoms. The summed E-state index contributed by atoms with van der Waals surface area (Å²) in [5.41, 5.74) is 0.843. The Labute approximate surface area is 123 Å². The predicted molar refractivity (Wildman–Crippen MR) is 80.0 cm³/mol. The molecule has 1 aliphatic heterocycles. The molecule has 21 heavy (non-hydrogen) atoms. The second-order valence-corrected chi connectivity index (χ2v) is 5.38. The summed E-state index contributed by atoms with van der Waals surface area (Å²) in [7, 11) is 1.79. The number of amides is 1. The number of nitrogens with one attached hydrogen (secondary N) is 1. The van der Waals surface area contributed by atoms with Gasteiger partial charge in [0.2, 0.25) is 0 Å². The molecule has 2 aromatic rings. The van der Waals surface area contributed by atoms with Gasteiger partial charge in [0.05, 0.1) is 12.6 Å². The van der Waals surface area contributed by atoms with Gasteiger partial charge in [-0.05, 0) is 19.1 Å². The van der Waals surface area contributed by atoms with Crippen molar-refractivity contribution in [3.05, 3.63) is 36.1 Å². The fourth-order valence-electron chi connectivity index (χ4n) is 2.54. The Hall–Kier alpha value is -1.85. The zero-order valence-corrected chi connectivity index (χ0v) is 12.3. The molecule has 3 rings (SSSR count). The molecule has 0 spiro atoms. The second kappa shape index (κ2) is 5.87. The van der Waals surface area contributed by atoms with Crippen molar-refractivity contribution >= 4 is 16.9 Å². The van der Waals surface area contributed by atoms with Crippen molar-refractivity contribution in [2.24, 2.45) is 0 Å². The largest absolute Gasteiger partial charge is 0.459 e. The number of hydrogen-bond acceptors (Lipinski definition) is 4. The number of carbonyl (C=O) groups is 1. The van der Waals surface area contributed by atoms with E-state index in [-0.39, 0.29) is 11.9 Å². The number of ether oxygens (including phenoxy) is 1. The van der Waals surface area contributed by atoms with E-state index in [1.165, 1.54) is 0 Å². The van der Waals surface area contributed by atoms with Crippen molar-refractivity contribution in [2.45, 2.75) is 19.1 Å². The van der Waals surface area contributed by atoms with Crippen LogP contribution in [0, 0.1) is 0 Å². The molecule has 0 saturated carbocycles. The summed E-state index contributed by atoms with van der Waals surface area (Å²) < 4.78 is 11.4. The van der Waals surface area contributed by atoms with Crippen LogP contribution in [0.4, 0.5) is 0 Å². The average Bonchev–Trinajstić information content (AvgIpc) is 2.97. The smallest absolute Gasteiger partial charge is 0.253 e. The molecule has 5 nitrogen and oxygen atoms in total. The van der Waals surface area contributed by atoms with E-state index in [1.54, 1.807) is 11.9 Å². The molecule has 1 N–H and O–H groups in total. The van der Waals surface area contributed by atoms with Gasteiger partial charge >= 0.3 is 0 Å². The maximum atomic E-state index is 12.4. The molecule has 1 aromatic carbocycles. The van der Waals surface area contributed by atoms with Crippen LogP contribution in [0.1, 0.15) is 18.7 Å². The lowest BCUT2D eigenvalue weighted by Gasteiger charge is -2.30. The number of rotatable bonds is 3. The molecule has 1 aromatic heterocycles. The molecule has 112 valence electrons. The number of likely N-dealkylation sites (N-methyl/N-ethyl adjacent to an activating group) is 1. The average molecular weight is 288 g/mol. The number of benzene rings is 1. The zero-order chi connectivity index (χ0) is 14.8. The third-order valence-corrected chi connectivity index (χ3v) is 3.99. The van der Waals surface area contributed by atoms with E-state index < -0.39 is 6.10 Å². The Balaban J connectivity index is 1.76. The normalized spacial score (nSPS) is 20.4. The minimum atomic E-state index is -0.407. The van der Waals surface area contributed by atoms with Gasteiger partial charge in [-0.2, -0.15) is 0 Å².